The molecule has 0 bridgehead atoms. The fourth-order valence-electron chi connectivity index (χ4n) is 1.56. The molecule has 0 aromatic carbocycles. The van der Waals surface area contributed by atoms with Crippen LogP contribution in [0, 0.1) is 0 Å². The molecule has 0 fully saturated rings. The quantitative estimate of drug-likeness (QED) is 0.790. The molecule has 0 aliphatic carbocycles. The van der Waals surface area contributed by atoms with Crippen molar-refractivity contribution in [2.45, 2.75) is 26.3 Å². The van der Waals surface area contributed by atoms with Crippen LogP contribution in [-0.2, 0) is 20.7 Å². The van der Waals surface area contributed by atoms with Crippen molar-refractivity contribution < 1.29 is 29.0 Å². The minimum absolute atomic E-state index is 0.124. The standard InChI is InChI=1S/C12H17N3O6/c1-3-20-11(18)14-9(10(16)17)5-8-6-13-7-15(8)12(19)21-4-2/h6-7,9H,3-5H2,1-2H3,(H,14,18)(H,16,17). The van der Waals surface area contributed by atoms with Gasteiger partial charge in [0, 0.05) is 12.6 Å². The average Bonchev–Trinajstić information content (AvgIpc) is 2.86. The van der Waals surface area contributed by atoms with Crippen LogP contribution in [0.5, 0.6) is 0 Å². The van der Waals surface area contributed by atoms with Crippen molar-refractivity contribution in [1.29, 1.82) is 0 Å². The highest BCUT2D eigenvalue weighted by Gasteiger charge is 2.24. The van der Waals surface area contributed by atoms with Gasteiger partial charge in [0.15, 0.2) is 0 Å². The number of imidazole rings is 1. The van der Waals surface area contributed by atoms with Crippen molar-refractivity contribution in [3.8, 4) is 0 Å². The van der Waals surface area contributed by atoms with Gasteiger partial charge in [0.25, 0.3) is 0 Å². The van der Waals surface area contributed by atoms with Gasteiger partial charge in [0.05, 0.1) is 18.9 Å². The van der Waals surface area contributed by atoms with E-state index >= 15 is 0 Å². The molecule has 2 N–H and O–H groups in total. The smallest absolute Gasteiger partial charge is 0.419 e. The highest BCUT2D eigenvalue weighted by atomic mass is 16.6. The van der Waals surface area contributed by atoms with E-state index in [1.165, 1.54) is 12.5 Å². The molecule has 0 aliphatic rings. The molecule has 1 heterocycles. The fraction of sp³-hybridized carbons (Fsp3) is 0.500. The van der Waals surface area contributed by atoms with E-state index in [0.717, 1.165) is 4.57 Å². The Balaban J connectivity index is 2.80. The number of carbonyl (C=O) groups excluding carboxylic acids is 2. The molecule has 21 heavy (non-hydrogen) atoms. The number of carboxylic acid groups (broad SMARTS) is 1. The lowest BCUT2D eigenvalue weighted by molar-refractivity contribution is -0.139. The van der Waals surface area contributed by atoms with E-state index in [1.54, 1.807) is 13.8 Å². The Hall–Kier alpha value is -2.58. The van der Waals surface area contributed by atoms with Gasteiger partial charge < -0.3 is 19.9 Å². The molecular formula is C12H17N3O6. The average molecular weight is 299 g/mol. The Bertz CT molecular complexity index is 513. The Morgan fingerprint density at radius 2 is 2.00 bits per heavy atom. The van der Waals surface area contributed by atoms with E-state index in [4.69, 9.17) is 9.84 Å². The van der Waals surface area contributed by atoms with Gasteiger partial charge in [-0.05, 0) is 13.8 Å². The first-order valence-electron chi connectivity index (χ1n) is 6.34. The first-order chi connectivity index (χ1) is 9.99. The van der Waals surface area contributed by atoms with E-state index in [0.29, 0.717) is 5.69 Å². The molecule has 0 aliphatic heterocycles. The van der Waals surface area contributed by atoms with Gasteiger partial charge in [-0.2, -0.15) is 0 Å². The monoisotopic (exact) mass is 299 g/mol. The first kappa shape index (κ1) is 16.5. The molecule has 0 saturated carbocycles. The van der Waals surface area contributed by atoms with Crippen LogP contribution in [0.15, 0.2) is 12.5 Å². The summed E-state index contributed by atoms with van der Waals surface area (Å²) in [6.45, 7) is 3.56. The van der Waals surface area contributed by atoms with E-state index in [2.05, 4.69) is 15.0 Å². The third-order valence-electron chi connectivity index (χ3n) is 2.46. The number of nitrogens with zero attached hydrogens (tertiary/aromatic N) is 2. The number of ether oxygens (including phenoxy) is 2. The van der Waals surface area contributed by atoms with Crippen LogP contribution in [-0.4, -0.2) is 52.1 Å². The van der Waals surface area contributed by atoms with Crippen LogP contribution >= 0.6 is 0 Å². The molecule has 0 spiro atoms. The lowest BCUT2D eigenvalue weighted by Crippen LogP contribution is -2.43. The van der Waals surface area contributed by atoms with Gasteiger partial charge in [0.1, 0.15) is 12.4 Å². The number of rotatable bonds is 6. The molecule has 9 heteroatoms. The number of nitrogens with one attached hydrogen (secondary N) is 1. The Labute approximate surface area is 120 Å². The van der Waals surface area contributed by atoms with Gasteiger partial charge in [-0.3, -0.25) is 0 Å². The molecule has 0 radical (unpaired) electrons. The third kappa shape index (κ3) is 4.79. The van der Waals surface area contributed by atoms with E-state index < -0.39 is 24.2 Å². The zero-order valence-corrected chi connectivity index (χ0v) is 11.7. The molecule has 1 amide bonds. The summed E-state index contributed by atoms with van der Waals surface area (Å²) in [6.07, 6.45) is 0.917. The normalized spacial score (nSPS) is 11.5. The van der Waals surface area contributed by atoms with Gasteiger partial charge in [-0.25, -0.2) is 23.9 Å². The predicted octanol–water partition coefficient (Wildman–Crippen LogP) is 0.629. The Morgan fingerprint density at radius 3 is 2.57 bits per heavy atom. The number of hydrogen-bond donors (Lipinski definition) is 2. The number of carbonyl (C=O) groups is 3. The lowest BCUT2D eigenvalue weighted by atomic mass is 10.1. The summed E-state index contributed by atoms with van der Waals surface area (Å²) in [5.41, 5.74) is 0.303. The van der Waals surface area contributed by atoms with E-state index in [-0.39, 0.29) is 19.6 Å². The summed E-state index contributed by atoms with van der Waals surface area (Å²) in [4.78, 5) is 37.9. The number of amides is 1. The molecule has 116 valence electrons. The minimum Gasteiger partial charge on any atom is -0.480 e. The molecular weight excluding hydrogens is 282 g/mol. The van der Waals surface area contributed by atoms with Crippen molar-refractivity contribution in [3.05, 3.63) is 18.2 Å². The van der Waals surface area contributed by atoms with Gasteiger partial charge >= 0.3 is 18.2 Å². The second-order valence-electron chi connectivity index (χ2n) is 3.91. The number of alkyl carbamates (subject to hydrolysis) is 1. The first-order valence-corrected chi connectivity index (χ1v) is 6.34. The minimum atomic E-state index is -1.25. The molecule has 1 aromatic rings. The summed E-state index contributed by atoms with van der Waals surface area (Å²) in [7, 11) is 0. The van der Waals surface area contributed by atoms with E-state index in [1.807, 2.05) is 0 Å². The summed E-state index contributed by atoms with van der Waals surface area (Å²) >= 11 is 0. The van der Waals surface area contributed by atoms with Crippen LogP contribution in [0.2, 0.25) is 0 Å². The SMILES string of the molecule is CCOC(=O)NC(Cc1cncn1C(=O)OCC)C(=O)O. The molecule has 1 rings (SSSR count). The van der Waals surface area contributed by atoms with Crippen LogP contribution in [0.4, 0.5) is 9.59 Å². The van der Waals surface area contributed by atoms with Crippen LogP contribution in [0.3, 0.4) is 0 Å². The van der Waals surface area contributed by atoms with Crippen LogP contribution in [0.25, 0.3) is 0 Å². The highest BCUT2D eigenvalue weighted by Crippen LogP contribution is 2.05. The van der Waals surface area contributed by atoms with Crippen molar-refractivity contribution in [3.63, 3.8) is 0 Å². The Morgan fingerprint density at radius 1 is 1.33 bits per heavy atom. The zero-order valence-electron chi connectivity index (χ0n) is 11.7. The molecule has 0 saturated heterocycles. The zero-order chi connectivity index (χ0) is 15.8. The van der Waals surface area contributed by atoms with E-state index in [9.17, 15) is 14.4 Å². The summed E-state index contributed by atoms with van der Waals surface area (Å²) in [5, 5.41) is 11.3. The summed E-state index contributed by atoms with van der Waals surface area (Å²) < 4.78 is 10.5. The second-order valence-corrected chi connectivity index (χ2v) is 3.91. The number of carboxylic acids is 1. The van der Waals surface area contributed by atoms with Crippen LogP contribution < -0.4 is 5.32 Å². The Kier molecular flexibility index (Phi) is 6.18. The summed E-state index contributed by atoms with van der Waals surface area (Å²) in [5.74, 6) is -1.25. The maximum Gasteiger partial charge on any atom is 0.419 e. The van der Waals surface area contributed by atoms with Crippen molar-refractivity contribution in [2.75, 3.05) is 13.2 Å². The van der Waals surface area contributed by atoms with Crippen molar-refractivity contribution in [1.82, 2.24) is 14.9 Å². The number of hydrogen-bond acceptors (Lipinski definition) is 6. The fourth-order valence-corrected chi connectivity index (χ4v) is 1.56. The highest BCUT2D eigenvalue weighted by molar-refractivity contribution is 5.80. The predicted molar refractivity (Wildman–Crippen MR) is 69.9 cm³/mol. The molecule has 1 aromatic heterocycles. The van der Waals surface area contributed by atoms with Gasteiger partial charge in [0.2, 0.25) is 0 Å². The summed E-state index contributed by atoms with van der Waals surface area (Å²) in [6, 6.07) is -1.24. The van der Waals surface area contributed by atoms with Crippen molar-refractivity contribution in [2.24, 2.45) is 0 Å². The molecule has 1 atom stereocenters. The maximum atomic E-state index is 11.6. The molecule has 9 nitrogen and oxygen atoms in total. The van der Waals surface area contributed by atoms with Gasteiger partial charge in [-0.1, -0.05) is 0 Å². The topological polar surface area (TPSA) is 120 Å². The van der Waals surface area contributed by atoms with Crippen molar-refractivity contribution >= 4 is 18.2 Å². The van der Waals surface area contributed by atoms with Gasteiger partial charge in [-0.15, -0.1) is 0 Å². The number of aromatic nitrogens is 2. The molecule has 1 unspecified atom stereocenters. The van der Waals surface area contributed by atoms with Crippen LogP contribution in [0.1, 0.15) is 19.5 Å². The largest absolute Gasteiger partial charge is 0.480 e. The second kappa shape index (κ2) is 7.88. The number of aliphatic carboxylic acids is 1. The third-order valence-corrected chi connectivity index (χ3v) is 2.46. The maximum absolute atomic E-state index is 11.6. The lowest BCUT2D eigenvalue weighted by Gasteiger charge is -2.14.